The van der Waals surface area contributed by atoms with E-state index in [1.807, 2.05) is 11.3 Å². The highest BCUT2D eigenvalue weighted by molar-refractivity contribution is 7.10. The molecular formula is C13H24N2S. The summed E-state index contributed by atoms with van der Waals surface area (Å²) in [5.74, 6) is 0.681. The summed E-state index contributed by atoms with van der Waals surface area (Å²) < 4.78 is 0. The molecule has 2 unspecified atom stereocenters. The standard InChI is InChI=1S/C13H24N2S/c1-10(2)8-12(14)9-15(4)11(3)13-6-5-7-16-13/h5-7,10-12H,8-9,14H2,1-4H3. The molecule has 2 N–H and O–H groups in total. The Morgan fingerprint density at radius 3 is 2.56 bits per heavy atom. The van der Waals surface area contributed by atoms with Crippen molar-refractivity contribution in [2.24, 2.45) is 11.7 Å². The first-order chi connectivity index (χ1) is 7.50. The van der Waals surface area contributed by atoms with Crippen molar-refractivity contribution >= 4 is 11.3 Å². The molecule has 0 spiro atoms. The normalized spacial score (nSPS) is 15.7. The second kappa shape index (κ2) is 6.38. The SMILES string of the molecule is CC(C)CC(N)CN(C)C(C)c1cccs1. The average molecular weight is 240 g/mol. The zero-order valence-electron chi connectivity index (χ0n) is 10.8. The summed E-state index contributed by atoms with van der Waals surface area (Å²) in [7, 11) is 2.16. The van der Waals surface area contributed by atoms with Gasteiger partial charge in [0.15, 0.2) is 0 Å². The van der Waals surface area contributed by atoms with Gasteiger partial charge in [-0.1, -0.05) is 19.9 Å². The number of hydrogen-bond donors (Lipinski definition) is 1. The molecule has 0 aromatic carbocycles. The lowest BCUT2D eigenvalue weighted by molar-refractivity contribution is 0.238. The highest BCUT2D eigenvalue weighted by Gasteiger charge is 2.15. The molecule has 0 amide bonds. The first-order valence-corrected chi connectivity index (χ1v) is 6.88. The van der Waals surface area contributed by atoms with Crippen molar-refractivity contribution in [3.8, 4) is 0 Å². The molecule has 16 heavy (non-hydrogen) atoms. The smallest absolute Gasteiger partial charge is 0.0410 e. The van der Waals surface area contributed by atoms with Gasteiger partial charge in [0.1, 0.15) is 0 Å². The van der Waals surface area contributed by atoms with E-state index in [4.69, 9.17) is 5.73 Å². The molecule has 0 bridgehead atoms. The van der Waals surface area contributed by atoms with Crippen molar-refractivity contribution in [3.63, 3.8) is 0 Å². The summed E-state index contributed by atoms with van der Waals surface area (Å²) in [6, 6.07) is 5.06. The van der Waals surface area contributed by atoms with Gasteiger partial charge >= 0.3 is 0 Å². The summed E-state index contributed by atoms with van der Waals surface area (Å²) in [6.45, 7) is 7.66. The van der Waals surface area contributed by atoms with Gasteiger partial charge in [0.2, 0.25) is 0 Å². The Morgan fingerprint density at radius 1 is 1.38 bits per heavy atom. The van der Waals surface area contributed by atoms with Crippen LogP contribution in [0.1, 0.15) is 38.1 Å². The van der Waals surface area contributed by atoms with Crippen LogP contribution in [0, 0.1) is 5.92 Å². The molecule has 0 saturated carbocycles. The van der Waals surface area contributed by atoms with Crippen LogP contribution in [0.2, 0.25) is 0 Å². The van der Waals surface area contributed by atoms with Crippen molar-refractivity contribution in [2.45, 2.75) is 39.3 Å². The average Bonchev–Trinajstić information content (AvgIpc) is 2.67. The van der Waals surface area contributed by atoms with Gasteiger partial charge in [0.25, 0.3) is 0 Å². The maximum atomic E-state index is 6.13. The third kappa shape index (κ3) is 4.24. The van der Waals surface area contributed by atoms with Gasteiger partial charge in [-0.3, -0.25) is 4.90 Å². The van der Waals surface area contributed by atoms with Gasteiger partial charge in [-0.2, -0.15) is 0 Å². The zero-order chi connectivity index (χ0) is 12.1. The molecule has 0 radical (unpaired) electrons. The van der Waals surface area contributed by atoms with Crippen LogP contribution < -0.4 is 5.73 Å². The maximum absolute atomic E-state index is 6.13. The molecule has 1 heterocycles. The van der Waals surface area contributed by atoms with Gasteiger partial charge in [-0.25, -0.2) is 0 Å². The quantitative estimate of drug-likeness (QED) is 0.828. The zero-order valence-corrected chi connectivity index (χ0v) is 11.6. The van der Waals surface area contributed by atoms with Crippen molar-refractivity contribution < 1.29 is 0 Å². The van der Waals surface area contributed by atoms with Crippen molar-refractivity contribution in [3.05, 3.63) is 22.4 Å². The maximum Gasteiger partial charge on any atom is 0.0410 e. The molecular weight excluding hydrogens is 216 g/mol. The lowest BCUT2D eigenvalue weighted by atomic mass is 10.0. The summed E-state index contributed by atoms with van der Waals surface area (Å²) in [6.07, 6.45) is 1.10. The van der Waals surface area contributed by atoms with Gasteiger partial charge in [0.05, 0.1) is 0 Å². The molecule has 2 atom stereocenters. The Hall–Kier alpha value is -0.380. The molecule has 0 saturated heterocycles. The molecule has 1 rings (SSSR count). The van der Waals surface area contributed by atoms with E-state index in [-0.39, 0.29) is 6.04 Å². The van der Waals surface area contributed by atoms with Crippen LogP contribution in [0.4, 0.5) is 0 Å². The van der Waals surface area contributed by atoms with Gasteiger partial charge in [-0.15, -0.1) is 11.3 Å². The van der Waals surface area contributed by atoms with Gasteiger partial charge in [-0.05, 0) is 37.8 Å². The minimum Gasteiger partial charge on any atom is -0.327 e. The van der Waals surface area contributed by atoms with E-state index in [0.717, 1.165) is 13.0 Å². The third-order valence-electron chi connectivity index (χ3n) is 2.91. The van der Waals surface area contributed by atoms with Crippen LogP contribution in [0.3, 0.4) is 0 Å². The van der Waals surface area contributed by atoms with Crippen LogP contribution in [-0.2, 0) is 0 Å². The molecule has 1 aromatic heterocycles. The van der Waals surface area contributed by atoms with Crippen LogP contribution in [-0.4, -0.2) is 24.5 Å². The summed E-state index contributed by atoms with van der Waals surface area (Å²) in [5, 5.41) is 2.13. The van der Waals surface area contributed by atoms with E-state index in [1.54, 1.807) is 0 Å². The van der Waals surface area contributed by atoms with E-state index in [1.165, 1.54) is 4.88 Å². The Labute approximate surface area is 103 Å². The lowest BCUT2D eigenvalue weighted by Gasteiger charge is -2.27. The fraction of sp³-hybridized carbons (Fsp3) is 0.692. The molecule has 2 nitrogen and oxygen atoms in total. The number of thiophene rings is 1. The molecule has 3 heteroatoms. The van der Waals surface area contributed by atoms with E-state index < -0.39 is 0 Å². The largest absolute Gasteiger partial charge is 0.327 e. The van der Waals surface area contributed by atoms with Crippen LogP contribution in [0.25, 0.3) is 0 Å². The lowest BCUT2D eigenvalue weighted by Crippen LogP contribution is -2.37. The van der Waals surface area contributed by atoms with Crippen LogP contribution >= 0.6 is 11.3 Å². The number of nitrogens with zero attached hydrogens (tertiary/aromatic N) is 1. The number of hydrogen-bond acceptors (Lipinski definition) is 3. The Kier molecular flexibility index (Phi) is 5.46. The summed E-state index contributed by atoms with van der Waals surface area (Å²) >= 11 is 1.82. The Morgan fingerprint density at radius 2 is 2.06 bits per heavy atom. The van der Waals surface area contributed by atoms with Crippen LogP contribution in [0.5, 0.6) is 0 Å². The predicted molar refractivity (Wildman–Crippen MR) is 72.8 cm³/mol. The molecule has 92 valence electrons. The number of rotatable bonds is 6. The molecule has 1 aromatic rings. The Bertz CT molecular complexity index is 282. The summed E-state index contributed by atoms with van der Waals surface area (Å²) in [5.41, 5.74) is 6.13. The molecule has 0 fully saturated rings. The minimum atomic E-state index is 0.285. The number of likely N-dealkylation sites (N-methyl/N-ethyl adjacent to an activating group) is 1. The topological polar surface area (TPSA) is 29.3 Å². The molecule has 0 aliphatic rings. The monoisotopic (exact) mass is 240 g/mol. The first kappa shape index (κ1) is 13.7. The number of nitrogens with two attached hydrogens (primary N) is 1. The predicted octanol–water partition coefficient (Wildman–Crippen LogP) is 3.11. The van der Waals surface area contributed by atoms with Crippen molar-refractivity contribution in [2.75, 3.05) is 13.6 Å². The second-order valence-corrected chi connectivity index (χ2v) is 6.00. The fourth-order valence-electron chi connectivity index (χ4n) is 1.95. The van der Waals surface area contributed by atoms with E-state index in [0.29, 0.717) is 12.0 Å². The van der Waals surface area contributed by atoms with Gasteiger partial charge < -0.3 is 5.73 Å². The van der Waals surface area contributed by atoms with Crippen molar-refractivity contribution in [1.29, 1.82) is 0 Å². The second-order valence-electron chi connectivity index (χ2n) is 5.02. The fourth-order valence-corrected chi connectivity index (χ4v) is 2.80. The molecule has 0 aliphatic heterocycles. The summed E-state index contributed by atoms with van der Waals surface area (Å²) in [4.78, 5) is 3.76. The minimum absolute atomic E-state index is 0.285. The Balaban J connectivity index is 2.42. The van der Waals surface area contributed by atoms with Gasteiger partial charge in [0, 0.05) is 23.5 Å². The van der Waals surface area contributed by atoms with E-state index in [9.17, 15) is 0 Å². The first-order valence-electron chi connectivity index (χ1n) is 6.00. The van der Waals surface area contributed by atoms with E-state index >= 15 is 0 Å². The third-order valence-corrected chi connectivity index (χ3v) is 3.96. The van der Waals surface area contributed by atoms with Crippen molar-refractivity contribution in [1.82, 2.24) is 4.90 Å². The highest BCUT2D eigenvalue weighted by atomic mass is 32.1. The van der Waals surface area contributed by atoms with E-state index in [2.05, 4.69) is 50.2 Å². The highest BCUT2D eigenvalue weighted by Crippen LogP contribution is 2.23. The molecule has 0 aliphatic carbocycles. The van der Waals surface area contributed by atoms with Crippen LogP contribution in [0.15, 0.2) is 17.5 Å².